The number of aromatic amines is 1. The van der Waals surface area contributed by atoms with E-state index in [-0.39, 0.29) is 10.2 Å². The highest BCUT2D eigenvalue weighted by molar-refractivity contribution is 7.71. The number of nitrogens with one attached hydrogen (secondary N) is 1. The molecule has 25 heavy (non-hydrogen) atoms. The molecule has 2 unspecified atom stereocenters. The Labute approximate surface area is 146 Å². The Morgan fingerprint density at radius 2 is 2.04 bits per heavy atom. The molecule has 1 saturated heterocycles. The number of nitrogens with zero attached hydrogens (tertiary/aromatic N) is 1. The van der Waals surface area contributed by atoms with Gasteiger partial charge in [0.15, 0.2) is 6.29 Å². The van der Waals surface area contributed by atoms with Crippen LogP contribution in [0, 0.1) is 4.64 Å². The van der Waals surface area contributed by atoms with Crippen molar-refractivity contribution in [1.82, 2.24) is 9.55 Å². The molecule has 1 aromatic heterocycles. The lowest BCUT2D eigenvalue weighted by atomic mass is 10.2. The van der Waals surface area contributed by atoms with Gasteiger partial charge in [-0.2, -0.15) is 24.5 Å². The zero-order valence-corrected chi connectivity index (χ0v) is 15.1. The summed E-state index contributed by atoms with van der Waals surface area (Å²) in [4.78, 5) is 69.8. The molecule has 0 saturated carbocycles. The van der Waals surface area contributed by atoms with Gasteiger partial charge in [0.1, 0.15) is 17.5 Å². The van der Waals surface area contributed by atoms with Gasteiger partial charge >= 0.3 is 22.0 Å². The van der Waals surface area contributed by atoms with Gasteiger partial charge in [0, 0.05) is 6.20 Å². The molecule has 2 rings (SSSR count). The van der Waals surface area contributed by atoms with Crippen LogP contribution in [0.25, 0.3) is 0 Å². The molecule has 1 fully saturated rings. The summed E-state index contributed by atoms with van der Waals surface area (Å²) in [5.74, 6) is 0. The van der Waals surface area contributed by atoms with E-state index in [1.807, 2.05) is 0 Å². The van der Waals surface area contributed by atoms with Gasteiger partial charge in [-0.1, -0.05) is 12.2 Å². The second kappa shape index (κ2) is 7.91. The van der Waals surface area contributed by atoms with Gasteiger partial charge < -0.3 is 4.74 Å². The summed E-state index contributed by atoms with van der Waals surface area (Å²) in [6, 6.07) is 0. The van der Waals surface area contributed by atoms with Crippen molar-refractivity contribution in [2.75, 3.05) is 6.61 Å². The van der Waals surface area contributed by atoms with Crippen molar-refractivity contribution in [3.8, 4) is 0 Å². The highest BCUT2D eigenvalue weighted by atomic mass is 32.1. The highest BCUT2D eigenvalue weighted by Crippen LogP contribution is 2.67. The van der Waals surface area contributed by atoms with Crippen molar-refractivity contribution in [3.63, 3.8) is 0 Å². The number of ether oxygens (including phenoxy) is 1. The number of hydrogen-bond donors (Lipinski definition) is 6. The van der Waals surface area contributed by atoms with Crippen LogP contribution >= 0.6 is 28.6 Å². The Morgan fingerprint density at radius 1 is 1.36 bits per heavy atom. The average Bonchev–Trinajstić information content (AvgIpc) is 2.92. The first kappa shape index (κ1) is 20.6. The normalized spacial score (nSPS) is 21.5. The van der Waals surface area contributed by atoms with Gasteiger partial charge in [0.05, 0.1) is 16.0 Å². The fourth-order valence-corrected chi connectivity index (χ4v) is 4.04. The third kappa shape index (κ3) is 5.91. The predicted molar refractivity (Wildman–Crippen MR) is 86.4 cm³/mol. The zero-order valence-electron chi connectivity index (χ0n) is 12.5. The van der Waals surface area contributed by atoms with Crippen molar-refractivity contribution < 1.29 is 42.8 Å². The molecule has 140 valence electrons. The minimum absolute atomic E-state index is 0.00486. The number of H-pyrrole nitrogens is 1. The number of carbonyl (C=O) groups excluding carboxylic acids is 1. The number of hydrogen-bond acceptors (Lipinski definition) is 11. The van der Waals surface area contributed by atoms with E-state index in [2.05, 4.69) is 13.8 Å². The van der Waals surface area contributed by atoms with Crippen molar-refractivity contribution in [2.45, 2.75) is 25.2 Å². The molecule has 0 bridgehead atoms. The minimum atomic E-state index is -4.89. The fraction of sp³-hybridized carbons (Fsp3) is 0.500. The number of rotatable bonds is 7. The molecule has 12 nitrogen and oxygen atoms in total. The Balaban J connectivity index is 1.99. The van der Waals surface area contributed by atoms with Gasteiger partial charge in [-0.25, -0.2) is 4.79 Å². The van der Waals surface area contributed by atoms with E-state index >= 15 is 0 Å². The fourth-order valence-electron chi connectivity index (χ4n) is 2.16. The van der Waals surface area contributed by atoms with Crippen LogP contribution in [0.5, 0.6) is 0 Å². The average molecular weight is 418 g/mol. The summed E-state index contributed by atoms with van der Waals surface area (Å²) in [5, 5.41) is 0. The Bertz CT molecular complexity index is 744. The van der Waals surface area contributed by atoms with Gasteiger partial charge in [0.2, 0.25) is 0 Å². The van der Waals surface area contributed by atoms with Crippen molar-refractivity contribution in [2.24, 2.45) is 0 Å². The Kier molecular flexibility index (Phi) is 6.52. The highest BCUT2D eigenvalue weighted by Gasteiger charge is 2.58. The van der Waals surface area contributed by atoms with Crippen LogP contribution in [0.3, 0.4) is 0 Å². The Hall–Kier alpha value is -0.690. The molecule has 0 amide bonds. The van der Waals surface area contributed by atoms with E-state index in [1.165, 1.54) is 6.20 Å². The van der Waals surface area contributed by atoms with E-state index in [0.717, 1.165) is 4.57 Å². The lowest BCUT2D eigenvalue weighted by molar-refractivity contribution is -0.0274. The third-order valence-electron chi connectivity index (χ3n) is 3.16. The summed E-state index contributed by atoms with van der Waals surface area (Å²) in [5.41, 5.74) is -0.469. The molecule has 0 radical (unpaired) electrons. The van der Waals surface area contributed by atoms with E-state index in [1.54, 1.807) is 0 Å². The quantitative estimate of drug-likeness (QED) is 0.195. The summed E-state index contributed by atoms with van der Waals surface area (Å²) < 4.78 is 15.2. The largest absolute Gasteiger partial charge is 0.620 e. The summed E-state index contributed by atoms with van der Waals surface area (Å²) in [6.07, 6.45) is 1.05. The van der Waals surface area contributed by atoms with Crippen molar-refractivity contribution in [3.05, 3.63) is 26.9 Å². The van der Waals surface area contributed by atoms with Crippen LogP contribution < -0.4 is 5.69 Å². The van der Waals surface area contributed by atoms with Crippen LogP contribution in [-0.2, 0) is 13.6 Å². The number of aldehydes is 1. The maximum absolute atomic E-state index is 11.9. The van der Waals surface area contributed by atoms with E-state index in [0.29, 0.717) is 19.1 Å². The molecule has 1 aliphatic heterocycles. The van der Waals surface area contributed by atoms with Crippen LogP contribution in [-0.4, -0.2) is 53.0 Å². The van der Waals surface area contributed by atoms with Gasteiger partial charge in [0.25, 0.3) is 0 Å². The zero-order chi connectivity index (χ0) is 18.8. The lowest BCUT2D eigenvalue weighted by Gasteiger charge is -2.16. The van der Waals surface area contributed by atoms with E-state index < -0.39 is 41.0 Å². The second-order valence-electron chi connectivity index (χ2n) is 5.04. The molecule has 6 N–H and O–H groups in total. The summed E-state index contributed by atoms with van der Waals surface area (Å²) >= 11 is 4.84. The number of aromatic nitrogens is 2. The van der Waals surface area contributed by atoms with E-state index in [9.17, 15) is 19.4 Å². The Morgan fingerprint density at radius 3 is 2.64 bits per heavy atom. The maximum Gasteiger partial charge on any atom is 0.620 e. The molecule has 0 aromatic carbocycles. The first-order valence-electron chi connectivity index (χ1n) is 6.74. The van der Waals surface area contributed by atoms with E-state index in [4.69, 9.17) is 31.6 Å². The SMILES string of the molecule is O=Cc1cn(C2CCC(CO[P+](O)(O)O[P+](O)(O)O)O2)c(=O)[nH]c1=S. The molecule has 2 heterocycles. The number of carbonyl (C=O) groups is 1. The van der Waals surface area contributed by atoms with Crippen LogP contribution in [0.2, 0.25) is 0 Å². The molecule has 1 aromatic rings. The summed E-state index contributed by atoms with van der Waals surface area (Å²) in [7, 11) is -9.54. The molecule has 15 heteroatoms. The molecule has 0 spiro atoms. The van der Waals surface area contributed by atoms with Crippen LogP contribution in [0.4, 0.5) is 0 Å². The van der Waals surface area contributed by atoms with Gasteiger partial charge in [-0.15, -0.1) is 4.52 Å². The van der Waals surface area contributed by atoms with Crippen LogP contribution in [0.15, 0.2) is 11.0 Å². The predicted octanol–water partition coefficient (Wildman–Crippen LogP) is -0.254. The molecular weight excluding hydrogens is 402 g/mol. The lowest BCUT2D eigenvalue weighted by Crippen LogP contribution is -2.28. The maximum atomic E-state index is 11.9. The first-order valence-corrected chi connectivity index (χ1v) is 10.2. The molecular formula is C10H16N2O10P2S+2. The molecule has 2 atom stereocenters. The van der Waals surface area contributed by atoms with Crippen molar-refractivity contribution in [1.29, 1.82) is 0 Å². The summed E-state index contributed by atoms with van der Waals surface area (Å²) in [6.45, 7) is -0.407. The monoisotopic (exact) mass is 418 g/mol. The minimum Gasteiger partial charge on any atom is -0.352 e. The topological polar surface area (TPSA) is 184 Å². The van der Waals surface area contributed by atoms with Gasteiger partial charge in [-0.05, 0) is 12.8 Å². The first-order chi connectivity index (χ1) is 11.5. The standard InChI is InChI=1S/C10H15N2O10P2S/c13-4-6-3-12(10(14)11-9(6)25)8-2-1-7(21-8)5-20-24(18,19)22-23(15,16)17/h3-4,7-8,15-19H,1-2,5H2/q+1/p+1. The second-order valence-corrected chi connectivity index (χ2v) is 8.37. The van der Waals surface area contributed by atoms with Gasteiger partial charge in [-0.3, -0.25) is 14.3 Å². The third-order valence-corrected chi connectivity index (χ3v) is 5.71. The van der Waals surface area contributed by atoms with Crippen LogP contribution in [0.1, 0.15) is 29.4 Å². The van der Waals surface area contributed by atoms with Crippen molar-refractivity contribution >= 4 is 34.8 Å². The smallest absolute Gasteiger partial charge is 0.352 e. The molecule has 1 aliphatic rings. The molecule has 0 aliphatic carbocycles.